The first kappa shape index (κ1) is 14.7. The SMILES string of the molecule is COc1ccc(C)cc1C(C)Nc1cc(F)ccc1Cl. The summed E-state index contributed by atoms with van der Waals surface area (Å²) in [6.45, 7) is 4.00. The molecule has 0 aromatic heterocycles. The molecule has 0 radical (unpaired) electrons. The summed E-state index contributed by atoms with van der Waals surface area (Å²) in [5.41, 5.74) is 2.72. The fraction of sp³-hybridized carbons (Fsp3) is 0.250. The van der Waals surface area contributed by atoms with Gasteiger partial charge in [-0.2, -0.15) is 0 Å². The van der Waals surface area contributed by atoms with E-state index in [0.717, 1.165) is 16.9 Å². The molecule has 0 heterocycles. The van der Waals surface area contributed by atoms with Crippen molar-refractivity contribution in [2.45, 2.75) is 19.9 Å². The number of anilines is 1. The van der Waals surface area contributed by atoms with Gasteiger partial charge in [0.05, 0.1) is 23.9 Å². The van der Waals surface area contributed by atoms with Crippen LogP contribution in [-0.2, 0) is 0 Å². The van der Waals surface area contributed by atoms with Crippen molar-refractivity contribution in [3.8, 4) is 5.75 Å². The second-order valence-electron chi connectivity index (χ2n) is 4.74. The van der Waals surface area contributed by atoms with Crippen LogP contribution in [0.2, 0.25) is 5.02 Å². The number of nitrogens with one attached hydrogen (secondary N) is 1. The van der Waals surface area contributed by atoms with Gasteiger partial charge in [0.1, 0.15) is 11.6 Å². The molecule has 1 unspecified atom stereocenters. The van der Waals surface area contributed by atoms with Crippen LogP contribution in [0.4, 0.5) is 10.1 Å². The minimum absolute atomic E-state index is 0.0517. The highest BCUT2D eigenvalue weighted by molar-refractivity contribution is 6.33. The van der Waals surface area contributed by atoms with Crippen LogP contribution in [0.3, 0.4) is 0 Å². The Morgan fingerprint density at radius 2 is 1.95 bits per heavy atom. The van der Waals surface area contributed by atoms with Crippen molar-refractivity contribution in [2.75, 3.05) is 12.4 Å². The van der Waals surface area contributed by atoms with Crippen molar-refractivity contribution in [1.82, 2.24) is 0 Å². The number of hydrogen-bond donors (Lipinski definition) is 1. The first-order valence-electron chi connectivity index (χ1n) is 6.37. The number of hydrogen-bond acceptors (Lipinski definition) is 2. The number of ether oxygens (including phenoxy) is 1. The summed E-state index contributed by atoms with van der Waals surface area (Å²) in [4.78, 5) is 0. The first-order chi connectivity index (χ1) is 9.51. The fourth-order valence-corrected chi connectivity index (χ4v) is 2.28. The Labute approximate surface area is 123 Å². The molecule has 0 saturated heterocycles. The third-order valence-electron chi connectivity index (χ3n) is 3.15. The lowest BCUT2D eigenvalue weighted by molar-refractivity contribution is 0.408. The zero-order valence-electron chi connectivity index (χ0n) is 11.7. The molecule has 20 heavy (non-hydrogen) atoms. The maximum Gasteiger partial charge on any atom is 0.125 e. The molecule has 2 aromatic rings. The van der Waals surface area contributed by atoms with E-state index < -0.39 is 0 Å². The van der Waals surface area contributed by atoms with Crippen LogP contribution in [-0.4, -0.2) is 7.11 Å². The zero-order valence-corrected chi connectivity index (χ0v) is 12.5. The highest BCUT2D eigenvalue weighted by atomic mass is 35.5. The molecule has 0 fully saturated rings. The van der Waals surface area contributed by atoms with Crippen molar-refractivity contribution in [3.63, 3.8) is 0 Å². The van der Waals surface area contributed by atoms with E-state index in [2.05, 4.69) is 5.32 Å². The summed E-state index contributed by atoms with van der Waals surface area (Å²) in [5, 5.41) is 3.71. The molecule has 0 saturated carbocycles. The van der Waals surface area contributed by atoms with E-state index in [-0.39, 0.29) is 11.9 Å². The standard InChI is InChI=1S/C16H17ClFNO/c1-10-4-7-16(20-3)13(8-10)11(2)19-15-9-12(18)5-6-14(15)17/h4-9,11,19H,1-3H3. The van der Waals surface area contributed by atoms with Gasteiger partial charge in [0.25, 0.3) is 0 Å². The maximum absolute atomic E-state index is 13.3. The van der Waals surface area contributed by atoms with Crippen LogP contribution < -0.4 is 10.1 Å². The third-order valence-corrected chi connectivity index (χ3v) is 3.48. The molecule has 0 aliphatic rings. The molecule has 4 heteroatoms. The Kier molecular flexibility index (Phi) is 4.50. The second-order valence-corrected chi connectivity index (χ2v) is 5.14. The lowest BCUT2D eigenvalue weighted by atomic mass is 10.0. The van der Waals surface area contributed by atoms with Crippen LogP contribution in [0.5, 0.6) is 5.75 Å². The van der Waals surface area contributed by atoms with Gasteiger partial charge in [-0.1, -0.05) is 29.3 Å². The fourth-order valence-electron chi connectivity index (χ4n) is 2.11. The highest BCUT2D eigenvalue weighted by Crippen LogP contribution is 2.31. The normalized spacial score (nSPS) is 12.1. The van der Waals surface area contributed by atoms with Gasteiger partial charge in [0, 0.05) is 5.56 Å². The maximum atomic E-state index is 13.3. The van der Waals surface area contributed by atoms with Crippen LogP contribution in [0.25, 0.3) is 0 Å². The average molecular weight is 294 g/mol. The number of aryl methyl sites for hydroxylation is 1. The van der Waals surface area contributed by atoms with Crippen molar-refractivity contribution in [3.05, 3.63) is 58.4 Å². The molecule has 106 valence electrons. The molecule has 2 rings (SSSR count). The Morgan fingerprint density at radius 1 is 1.20 bits per heavy atom. The molecule has 2 aromatic carbocycles. The van der Waals surface area contributed by atoms with Crippen molar-refractivity contribution < 1.29 is 9.13 Å². The van der Waals surface area contributed by atoms with E-state index in [0.29, 0.717) is 10.7 Å². The third kappa shape index (κ3) is 3.23. The Morgan fingerprint density at radius 3 is 2.65 bits per heavy atom. The Bertz CT molecular complexity index is 615. The summed E-state index contributed by atoms with van der Waals surface area (Å²) in [6, 6.07) is 10.2. The predicted octanol–water partition coefficient (Wildman–Crippen LogP) is 4.97. The molecule has 0 aliphatic heterocycles. The number of benzene rings is 2. The molecule has 0 amide bonds. The summed E-state index contributed by atoms with van der Waals surface area (Å²) < 4.78 is 18.7. The molecule has 1 atom stereocenters. The zero-order chi connectivity index (χ0) is 14.7. The van der Waals surface area contributed by atoms with Gasteiger partial charge < -0.3 is 10.1 Å². The van der Waals surface area contributed by atoms with Crippen LogP contribution >= 0.6 is 11.6 Å². The quantitative estimate of drug-likeness (QED) is 0.859. The van der Waals surface area contributed by atoms with Gasteiger partial charge in [-0.25, -0.2) is 4.39 Å². The van der Waals surface area contributed by atoms with Gasteiger partial charge in [-0.05, 0) is 38.1 Å². The lowest BCUT2D eigenvalue weighted by Gasteiger charge is -2.19. The summed E-state index contributed by atoms with van der Waals surface area (Å²) in [5.74, 6) is 0.475. The minimum Gasteiger partial charge on any atom is -0.496 e. The largest absolute Gasteiger partial charge is 0.496 e. The minimum atomic E-state index is -0.319. The first-order valence-corrected chi connectivity index (χ1v) is 6.75. The highest BCUT2D eigenvalue weighted by Gasteiger charge is 2.13. The average Bonchev–Trinajstić information content (AvgIpc) is 2.42. The number of rotatable bonds is 4. The molecule has 0 spiro atoms. The molecular weight excluding hydrogens is 277 g/mol. The monoisotopic (exact) mass is 293 g/mol. The van der Waals surface area contributed by atoms with E-state index in [4.69, 9.17) is 16.3 Å². The number of halogens is 2. The molecule has 0 aliphatic carbocycles. The van der Waals surface area contributed by atoms with Crippen LogP contribution in [0.1, 0.15) is 24.1 Å². The van der Waals surface area contributed by atoms with Crippen molar-refractivity contribution in [1.29, 1.82) is 0 Å². The van der Waals surface area contributed by atoms with Crippen molar-refractivity contribution in [2.24, 2.45) is 0 Å². The lowest BCUT2D eigenvalue weighted by Crippen LogP contribution is -2.09. The van der Waals surface area contributed by atoms with E-state index in [1.165, 1.54) is 12.1 Å². The van der Waals surface area contributed by atoms with E-state index >= 15 is 0 Å². The van der Waals surface area contributed by atoms with Crippen LogP contribution in [0, 0.1) is 12.7 Å². The summed E-state index contributed by atoms with van der Waals surface area (Å²) in [7, 11) is 1.63. The van der Waals surface area contributed by atoms with E-state index in [9.17, 15) is 4.39 Å². The topological polar surface area (TPSA) is 21.3 Å². The predicted molar refractivity (Wildman–Crippen MR) is 81.2 cm³/mol. The smallest absolute Gasteiger partial charge is 0.125 e. The van der Waals surface area contributed by atoms with Gasteiger partial charge in [-0.3, -0.25) is 0 Å². The second kappa shape index (κ2) is 6.14. The number of methoxy groups -OCH3 is 1. The Hall–Kier alpha value is -1.74. The van der Waals surface area contributed by atoms with Gasteiger partial charge in [-0.15, -0.1) is 0 Å². The summed E-state index contributed by atoms with van der Waals surface area (Å²) >= 11 is 6.07. The van der Waals surface area contributed by atoms with E-state index in [1.807, 2.05) is 32.0 Å². The molecule has 1 N–H and O–H groups in total. The summed E-state index contributed by atoms with van der Waals surface area (Å²) in [6.07, 6.45) is 0. The molecular formula is C16H17ClFNO. The van der Waals surface area contributed by atoms with E-state index in [1.54, 1.807) is 13.2 Å². The van der Waals surface area contributed by atoms with Gasteiger partial charge in [0.15, 0.2) is 0 Å². The Balaban J connectivity index is 2.30. The van der Waals surface area contributed by atoms with Crippen molar-refractivity contribution >= 4 is 17.3 Å². The van der Waals surface area contributed by atoms with Gasteiger partial charge >= 0.3 is 0 Å². The van der Waals surface area contributed by atoms with Crippen LogP contribution in [0.15, 0.2) is 36.4 Å². The molecule has 0 bridgehead atoms. The van der Waals surface area contributed by atoms with Gasteiger partial charge in [0.2, 0.25) is 0 Å². The molecule has 2 nitrogen and oxygen atoms in total.